The van der Waals surface area contributed by atoms with Gasteiger partial charge in [0, 0.05) is 14.4 Å². The second-order valence-corrected chi connectivity index (χ2v) is 8.08. The molecule has 0 aliphatic heterocycles. The molecule has 0 unspecified atom stereocenters. The van der Waals surface area contributed by atoms with Crippen LogP contribution in [0.5, 0.6) is 0 Å². The lowest BCUT2D eigenvalue weighted by molar-refractivity contribution is 0.738. The number of thioether (sulfide) groups is 1. The molecule has 0 saturated carbocycles. The van der Waals surface area contributed by atoms with Gasteiger partial charge < -0.3 is 0 Å². The van der Waals surface area contributed by atoms with E-state index in [2.05, 4.69) is 27.8 Å². The molecular formula is C18H16BrClN2OS. The van der Waals surface area contributed by atoms with Crippen molar-refractivity contribution in [3.8, 4) is 0 Å². The van der Waals surface area contributed by atoms with E-state index in [9.17, 15) is 4.79 Å². The second-order valence-electron chi connectivity index (χ2n) is 5.48. The fourth-order valence-electron chi connectivity index (χ4n) is 2.55. The van der Waals surface area contributed by atoms with Gasteiger partial charge in [-0.3, -0.25) is 9.36 Å². The van der Waals surface area contributed by atoms with Crippen LogP contribution < -0.4 is 5.56 Å². The first kappa shape index (κ1) is 17.5. The Morgan fingerprint density at radius 3 is 2.83 bits per heavy atom. The summed E-state index contributed by atoms with van der Waals surface area (Å²) in [5.74, 6) is 0.965. The fraction of sp³-hybridized carbons (Fsp3) is 0.222. The average molecular weight is 424 g/mol. The minimum atomic E-state index is -0.0389. The molecule has 0 aliphatic carbocycles. The van der Waals surface area contributed by atoms with E-state index in [4.69, 9.17) is 11.6 Å². The van der Waals surface area contributed by atoms with Gasteiger partial charge in [-0.25, -0.2) is 4.98 Å². The highest BCUT2D eigenvalue weighted by molar-refractivity contribution is 9.10. The highest BCUT2D eigenvalue weighted by Gasteiger charge is 2.10. The van der Waals surface area contributed by atoms with E-state index < -0.39 is 0 Å². The van der Waals surface area contributed by atoms with Crippen molar-refractivity contribution < 1.29 is 0 Å². The molecule has 2 aromatic carbocycles. The number of aryl methyl sites for hydroxylation is 1. The molecule has 0 N–H and O–H groups in total. The van der Waals surface area contributed by atoms with Crippen molar-refractivity contribution >= 4 is 50.2 Å². The maximum absolute atomic E-state index is 12.8. The monoisotopic (exact) mass is 422 g/mol. The third-order valence-electron chi connectivity index (χ3n) is 3.77. The Morgan fingerprint density at radius 1 is 1.29 bits per heavy atom. The number of aromatic nitrogens is 2. The first-order valence-electron chi connectivity index (χ1n) is 7.56. The Morgan fingerprint density at radius 2 is 2.08 bits per heavy atom. The van der Waals surface area contributed by atoms with Crippen molar-refractivity contribution in [3.63, 3.8) is 0 Å². The Labute approximate surface area is 158 Å². The zero-order valence-electron chi connectivity index (χ0n) is 13.3. The summed E-state index contributed by atoms with van der Waals surface area (Å²) in [7, 11) is 0. The topological polar surface area (TPSA) is 34.9 Å². The summed E-state index contributed by atoms with van der Waals surface area (Å²) in [6.45, 7) is 4.53. The van der Waals surface area contributed by atoms with Gasteiger partial charge in [-0.1, -0.05) is 34.5 Å². The fourth-order valence-corrected chi connectivity index (χ4v) is 3.86. The van der Waals surface area contributed by atoms with E-state index in [1.54, 1.807) is 22.7 Å². The molecule has 24 heavy (non-hydrogen) atoms. The van der Waals surface area contributed by atoms with Gasteiger partial charge in [0.2, 0.25) is 0 Å². The number of nitrogens with zero attached hydrogens (tertiary/aromatic N) is 2. The second kappa shape index (κ2) is 7.30. The SMILES string of the molecule is CCSc1ccc(Cl)cc1Cn1cnc2cc(Br)c(C)cc2c1=O. The maximum atomic E-state index is 12.8. The molecule has 124 valence electrons. The predicted octanol–water partition coefficient (Wildman–Crippen LogP) is 5.28. The number of benzene rings is 2. The molecule has 0 amide bonds. The van der Waals surface area contributed by atoms with Crippen LogP contribution in [0.1, 0.15) is 18.1 Å². The summed E-state index contributed by atoms with van der Waals surface area (Å²) in [6.07, 6.45) is 1.60. The third-order valence-corrected chi connectivity index (χ3v) is 5.85. The quantitative estimate of drug-likeness (QED) is 0.535. The maximum Gasteiger partial charge on any atom is 0.261 e. The van der Waals surface area contributed by atoms with Crippen LogP contribution in [-0.4, -0.2) is 15.3 Å². The molecule has 6 heteroatoms. The van der Waals surface area contributed by atoms with Crippen LogP contribution in [0.4, 0.5) is 0 Å². The average Bonchev–Trinajstić information content (AvgIpc) is 2.55. The van der Waals surface area contributed by atoms with Crippen molar-refractivity contribution in [1.29, 1.82) is 0 Å². The van der Waals surface area contributed by atoms with E-state index in [1.807, 2.05) is 37.3 Å². The lowest BCUT2D eigenvalue weighted by Crippen LogP contribution is -2.21. The molecule has 0 fully saturated rings. The standard InChI is InChI=1S/C18H16BrClN2OS/c1-3-24-17-5-4-13(20)7-12(17)9-22-10-21-16-8-15(19)11(2)6-14(16)18(22)23/h4-8,10H,3,9H2,1-2H3. The molecule has 0 spiro atoms. The van der Waals surface area contributed by atoms with Crippen molar-refractivity contribution in [2.75, 3.05) is 5.75 Å². The van der Waals surface area contributed by atoms with Crippen molar-refractivity contribution in [3.05, 3.63) is 67.6 Å². The van der Waals surface area contributed by atoms with Crippen LogP contribution in [0.25, 0.3) is 10.9 Å². The van der Waals surface area contributed by atoms with Crippen LogP contribution in [0, 0.1) is 6.92 Å². The first-order chi connectivity index (χ1) is 11.5. The van der Waals surface area contributed by atoms with Gasteiger partial charge in [0.15, 0.2) is 0 Å². The van der Waals surface area contributed by atoms with Gasteiger partial charge in [-0.15, -0.1) is 11.8 Å². The van der Waals surface area contributed by atoms with Crippen molar-refractivity contribution in [1.82, 2.24) is 9.55 Å². The molecule has 1 aromatic heterocycles. The van der Waals surface area contributed by atoms with Gasteiger partial charge in [0.1, 0.15) is 0 Å². The first-order valence-corrected chi connectivity index (χ1v) is 9.71. The molecule has 0 bridgehead atoms. The van der Waals surface area contributed by atoms with Crippen LogP contribution in [0.15, 0.2) is 50.8 Å². The lowest BCUT2D eigenvalue weighted by atomic mass is 10.1. The smallest absolute Gasteiger partial charge is 0.261 e. The zero-order chi connectivity index (χ0) is 17.3. The zero-order valence-corrected chi connectivity index (χ0v) is 16.5. The Balaban J connectivity index is 2.08. The van der Waals surface area contributed by atoms with Gasteiger partial charge >= 0.3 is 0 Å². The Bertz CT molecular complexity index is 971. The summed E-state index contributed by atoms with van der Waals surface area (Å²) in [4.78, 5) is 18.4. The van der Waals surface area contributed by atoms with Gasteiger partial charge in [0.25, 0.3) is 5.56 Å². The third kappa shape index (κ3) is 3.53. The van der Waals surface area contributed by atoms with E-state index >= 15 is 0 Å². The van der Waals surface area contributed by atoms with Crippen LogP contribution in [0.2, 0.25) is 5.02 Å². The minimum Gasteiger partial charge on any atom is -0.294 e. The summed E-state index contributed by atoms with van der Waals surface area (Å²) in [5.41, 5.74) is 2.71. The number of rotatable bonds is 4. The molecule has 3 rings (SSSR count). The van der Waals surface area contributed by atoms with E-state index in [0.717, 1.165) is 26.2 Å². The molecule has 0 saturated heterocycles. The molecule has 3 aromatic rings. The normalized spacial score (nSPS) is 11.2. The lowest BCUT2D eigenvalue weighted by Gasteiger charge is -2.12. The molecular weight excluding hydrogens is 408 g/mol. The Kier molecular flexibility index (Phi) is 5.33. The van der Waals surface area contributed by atoms with Gasteiger partial charge in [-0.2, -0.15) is 0 Å². The van der Waals surface area contributed by atoms with Crippen LogP contribution in [-0.2, 0) is 6.54 Å². The summed E-state index contributed by atoms with van der Waals surface area (Å²) in [5, 5.41) is 1.30. The predicted molar refractivity (Wildman–Crippen MR) is 105 cm³/mol. The van der Waals surface area contributed by atoms with E-state index in [0.29, 0.717) is 22.5 Å². The van der Waals surface area contributed by atoms with Gasteiger partial charge in [0.05, 0.1) is 23.8 Å². The molecule has 0 radical (unpaired) electrons. The number of halogens is 2. The number of hydrogen-bond acceptors (Lipinski definition) is 3. The molecule has 0 aliphatic rings. The Hall–Kier alpha value is -1.30. The summed E-state index contributed by atoms with van der Waals surface area (Å²) < 4.78 is 2.59. The largest absolute Gasteiger partial charge is 0.294 e. The van der Waals surface area contributed by atoms with Crippen molar-refractivity contribution in [2.24, 2.45) is 0 Å². The van der Waals surface area contributed by atoms with Crippen molar-refractivity contribution in [2.45, 2.75) is 25.3 Å². The molecule has 1 heterocycles. The van der Waals surface area contributed by atoms with Crippen LogP contribution >= 0.6 is 39.3 Å². The summed E-state index contributed by atoms with van der Waals surface area (Å²) >= 11 is 11.4. The summed E-state index contributed by atoms with van der Waals surface area (Å²) in [6, 6.07) is 9.57. The molecule has 0 atom stereocenters. The highest BCUT2D eigenvalue weighted by Crippen LogP contribution is 2.26. The number of hydrogen-bond donors (Lipinski definition) is 0. The van der Waals surface area contributed by atoms with E-state index in [-0.39, 0.29) is 5.56 Å². The highest BCUT2D eigenvalue weighted by atomic mass is 79.9. The molecule has 3 nitrogen and oxygen atoms in total. The number of fused-ring (bicyclic) bond motifs is 1. The van der Waals surface area contributed by atoms with Crippen LogP contribution in [0.3, 0.4) is 0 Å². The van der Waals surface area contributed by atoms with E-state index in [1.165, 1.54) is 0 Å². The van der Waals surface area contributed by atoms with Gasteiger partial charge in [-0.05, 0) is 54.1 Å². The minimum absolute atomic E-state index is 0.0389.